The summed E-state index contributed by atoms with van der Waals surface area (Å²) in [7, 11) is 1.54. The molecule has 1 aromatic carbocycles. The second kappa shape index (κ2) is 8.01. The van der Waals surface area contributed by atoms with Gasteiger partial charge < -0.3 is 19.9 Å². The summed E-state index contributed by atoms with van der Waals surface area (Å²) in [6.45, 7) is 4.04. The second-order valence-electron chi connectivity index (χ2n) is 4.68. The Morgan fingerprint density at radius 1 is 1.25 bits per heavy atom. The number of nitrogens with one attached hydrogen (secondary N) is 1. The SMILES string of the molecule is COc1cc(CNCC(O)C(F)F)ccc1OC(C)C. The maximum Gasteiger partial charge on any atom is 0.265 e. The van der Waals surface area contributed by atoms with E-state index in [2.05, 4.69) is 5.32 Å². The number of aliphatic hydroxyl groups is 1. The van der Waals surface area contributed by atoms with Crippen LogP contribution in [0.15, 0.2) is 18.2 Å². The van der Waals surface area contributed by atoms with Gasteiger partial charge in [0.2, 0.25) is 0 Å². The minimum atomic E-state index is -2.74. The van der Waals surface area contributed by atoms with Gasteiger partial charge in [-0.3, -0.25) is 0 Å². The predicted octanol–water partition coefficient (Wildman–Crippen LogP) is 2.20. The van der Waals surface area contributed by atoms with Crippen molar-refractivity contribution >= 4 is 0 Å². The summed E-state index contributed by atoms with van der Waals surface area (Å²) < 4.78 is 35.1. The summed E-state index contributed by atoms with van der Waals surface area (Å²) in [5, 5.41) is 11.8. The maximum absolute atomic E-state index is 12.1. The van der Waals surface area contributed by atoms with Crippen LogP contribution in [-0.2, 0) is 6.54 Å². The Hall–Kier alpha value is -1.40. The molecular formula is C14H21F2NO3. The topological polar surface area (TPSA) is 50.7 Å². The first-order chi connectivity index (χ1) is 9.43. The van der Waals surface area contributed by atoms with Gasteiger partial charge in [0.25, 0.3) is 6.43 Å². The number of halogens is 2. The van der Waals surface area contributed by atoms with E-state index in [0.29, 0.717) is 18.0 Å². The lowest BCUT2D eigenvalue weighted by Crippen LogP contribution is -2.31. The van der Waals surface area contributed by atoms with E-state index in [1.807, 2.05) is 19.9 Å². The molecule has 4 nitrogen and oxygen atoms in total. The van der Waals surface area contributed by atoms with Crippen LogP contribution >= 0.6 is 0 Å². The summed E-state index contributed by atoms with van der Waals surface area (Å²) in [5.41, 5.74) is 0.861. The van der Waals surface area contributed by atoms with Gasteiger partial charge in [-0.25, -0.2) is 8.78 Å². The molecule has 0 bridgehead atoms. The Balaban J connectivity index is 2.59. The van der Waals surface area contributed by atoms with Crippen molar-refractivity contribution in [2.45, 2.75) is 39.0 Å². The first kappa shape index (κ1) is 16.7. The molecule has 0 aliphatic heterocycles. The highest BCUT2D eigenvalue weighted by Gasteiger charge is 2.15. The van der Waals surface area contributed by atoms with E-state index in [0.717, 1.165) is 5.56 Å². The quantitative estimate of drug-likeness (QED) is 0.770. The minimum absolute atomic E-state index is 0.0362. The van der Waals surface area contributed by atoms with Crippen molar-refractivity contribution in [1.82, 2.24) is 5.32 Å². The van der Waals surface area contributed by atoms with Crippen LogP contribution in [0.5, 0.6) is 11.5 Å². The molecule has 0 aromatic heterocycles. The molecule has 2 N–H and O–H groups in total. The van der Waals surface area contributed by atoms with Gasteiger partial charge in [0.05, 0.1) is 13.2 Å². The lowest BCUT2D eigenvalue weighted by molar-refractivity contribution is -0.00340. The normalized spacial score (nSPS) is 12.8. The Labute approximate surface area is 117 Å². The zero-order chi connectivity index (χ0) is 15.1. The Morgan fingerprint density at radius 3 is 2.50 bits per heavy atom. The smallest absolute Gasteiger partial charge is 0.265 e. The van der Waals surface area contributed by atoms with Crippen molar-refractivity contribution in [3.8, 4) is 11.5 Å². The van der Waals surface area contributed by atoms with Crippen LogP contribution in [-0.4, -0.2) is 37.4 Å². The summed E-state index contributed by atoms with van der Waals surface area (Å²) in [6, 6.07) is 5.38. The summed E-state index contributed by atoms with van der Waals surface area (Å²) in [4.78, 5) is 0. The van der Waals surface area contributed by atoms with Gasteiger partial charge in [0.1, 0.15) is 6.10 Å². The average Bonchev–Trinajstić information content (AvgIpc) is 2.39. The number of rotatable bonds is 8. The van der Waals surface area contributed by atoms with Crippen LogP contribution in [0.2, 0.25) is 0 Å². The number of methoxy groups -OCH3 is 1. The summed E-state index contributed by atoms with van der Waals surface area (Å²) >= 11 is 0. The molecule has 0 spiro atoms. The second-order valence-corrected chi connectivity index (χ2v) is 4.68. The lowest BCUT2D eigenvalue weighted by Gasteiger charge is -2.15. The lowest BCUT2D eigenvalue weighted by atomic mass is 10.2. The van der Waals surface area contributed by atoms with Gasteiger partial charge in [-0.15, -0.1) is 0 Å². The van der Waals surface area contributed by atoms with E-state index in [1.165, 1.54) is 0 Å². The first-order valence-electron chi connectivity index (χ1n) is 6.44. The molecule has 1 unspecified atom stereocenters. The number of ether oxygens (including phenoxy) is 2. The van der Waals surface area contributed by atoms with Gasteiger partial charge in [-0.2, -0.15) is 0 Å². The molecular weight excluding hydrogens is 268 g/mol. The molecule has 0 amide bonds. The summed E-state index contributed by atoms with van der Waals surface area (Å²) in [5.74, 6) is 1.23. The molecule has 0 heterocycles. The predicted molar refractivity (Wildman–Crippen MR) is 72.5 cm³/mol. The standard InChI is InChI=1S/C14H21F2NO3/c1-9(2)20-12-5-4-10(6-13(12)19-3)7-17-8-11(18)14(15)16/h4-6,9,11,14,17-18H,7-8H2,1-3H3. The van der Waals surface area contributed by atoms with Crippen molar-refractivity contribution in [2.75, 3.05) is 13.7 Å². The minimum Gasteiger partial charge on any atom is -0.493 e. The number of benzene rings is 1. The molecule has 0 saturated heterocycles. The average molecular weight is 289 g/mol. The van der Waals surface area contributed by atoms with Gasteiger partial charge in [-0.1, -0.05) is 6.07 Å². The third-order valence-electron chi connectivity index (χ3n) is 2.56. The highest BCUT2D eigenvalue weighted by atomic mass is 19.3. The van der Waals surface area contributed by atoms with Gasteiger partial charge in [0.15, 0.2) is 11.5 Å². The van der Waals surface area contributed by atoms with Crippen LogP contribution in [0.1, 0.15) is 19.4 Å². The van der Waals surface area contributed by atoms with Crippen molar-refractivity contribution in [3.63, 3.8) is 0 Å². The third-order valence-corrected chi connectivity index (χ3v) is 2.56. The molecule has 6 heteroatoms. The number of hydrogen-bond donors (Lipinski definition) is 2. The van der Waals surface area contributed by atoms with Crippen molar-refractivity contribution in [2.24, 2.45) is 0 Å². The highest BCUT2D eigenvalue weighted by molar-refractivity contribution is 5.43. The number of aliphatic hydroxyl groups excluding tert-OH is 1. The molecule has 114 valence electrons. The fourth-order valence-electron chi connectivity index (χ4n) is 1.63. The number of alkyl halides is 2. The Morgan fingerprint density at radius 2 is 1.95 bits per heavy atom. The molecule has 1 atom stereocenters. The zero-order valence-corrected chi connectivity index (χ0v) is 11.9. The van der Waals surface area contributed by atoms with Crippen LogP contribution in [0, 0.1) is 0 Å². The summed E-state index contributed by atoms with van der Waals surface area (Å²) in [6.07, 6.45) is -4.35. The molecule has 0 aliphatic carbocycles. The Bertz CT molecular complexity index is 413. The molecule has 0 fully saturated rings. The maximum atomic E-state index is 12.1. The molecule has 0 aliphatic rings. The van der Waals surface area contributed by atoms with Crippen LogP contribution in [0.3, 0.4) is 0 Å². The monoisotopic (exact) mass is 289 g/mol. The Kier molecular flexibility index (Phi) is 6.67. The van der Waals surface area contributed by atoms with Crippen LogP contribution in [0.25, 0.3) is 0 Å². The van der Waals surface area contributed by atoms with E-state index in [4.69, 9.17) is 14.6 Å². The molecule has 1 aromatic rings. The van der Waals surface area contributed by atoms with Crippen molar-refractivity contribution in [1.29, 1.82) is 0 Å². The van der Waals surface area contributed by atoms with Crippen molar-refractivity contribution in [3.05, 3.63) is 23.8 Å². The van der Waals surface area contributed by atoms with E-state index in [-0.39, 0.29) is 12.6 Å². The fraction of sp³-hybridized carbons (Fsp3) is 0.571. The van der Waals surface area contributed by atoms with Gasteiger partial charge in [0, 0.05) is 13.1 Å². The van der Waals surface area contributed by atoms with E-state index in [1.54, 1.807) is 19.2 Å². The number of hydrogen-bond acceptors (Lipinski definition) is 4. The van der Waals surface area contributed by atoms with Crippen LogP contribution < -0.4 is 14.8 Å². The van der Waals surface area contributed by atoms with E-state index in [9.17, 15) is 8.78 Å². The third kappa shape index (κ3) is 5.30. The largest absolute Gasteiger partial charge is 0.493 e. The zero-order valence-electron chi connectivity index (χ0n) is 11.9. The van der Waals surface area contributed by atoms with Gasteiger partial charge in [-0.05, 0) is 31.5 Å². The highest BCUT2D eigenvalue weighted by Crippen LogP contribution is 2.28. The van der Waals surface area contributed by atoms with E-state index >= 15 is 0 Å². The molecule has 0 radical (unpaired) electrons. The molecule has 1 rings (SSSR count). The molecule has 20 heavy (non-hydrogen) atoms. The molecule has 0 saturated carbocycles. The van der Waals surface area contributed by atoms with Crippen molar-refractivity contribution < 1.29 is 23.4 Å². The van der Waals surface area contributed by atoms with Gasteiger partial charge >= 0.3 is 0 Å². The first-order valence-corrected chi connectivity index (χ1v) is 6.44. The fourth-order valence-corrected chi connectivity index (χ4v) is 1.63. The van der Waals surface area contributed by atoms with E-state index < -0.39 is 12.5 Å². The van der Waals surface area contributed by atoms with Crippen LogP contribution in [0.4, 0.5) is 8.78 Å².